The maximum atomic E-state index is 13.5. The molecule has 0 atom stereocenters. The van der Waals surface area contributed by atoms with Crippen molar-refractivity contribution in [2.75, 3.05) is 18.2 Å². The minimum Gasteiger partial charge on any atom is -0.299 e. The highest BCUT2D eigenvalue weighted by Crippen LogP contribution is 2.35. The Labute approximate surface area is 126 Å². The number of nitrogens with zero attached hydrogens (tertiary/aromatic N) is 2. The third kappa shape index (κ3) is 3.97. The predicted octanol–water partition coefficient (Wildman–Crippen LogP) is 3.93. The Morgan fingerprint density at radius 1 is 1.23 bits per heavy atom. The van der Waals surface area contributed by atoms with E-state index in [1.165, 1.54) is 12.1 Å². The average molecular weight is 318 g/mol. The fraction of sp³-hybridized carbons (Fsp3) is 0.533. The van der Waals surface area contributed by atoms with Crippen LogP contribution < -0.4 is 5.12 Å². The number of benzene rings is 1. The Morgan fingerprint density at radius 2 is 1.86 bits per heavy atom. The molecular formula is C15H18F4N2O. The molecule has 1 fully saturated rings. The van der Waals surface area contributed by atoms with Crippen LogP contribution in [0.3, 0.4) is 0 Å². The average Bonchev–Trinajstić information content (AvgIpc) is 2.46. The summed E-state index contributed by atoms with van der Waals surface area (Å²) in [6.07, 6.45) is -1.54. The molecule has 0 radical (unpaired) electrons. The fourth-order valence-corrected chi connectivity index (χ4v) is 2.63. The van der Waals surface area contributed by atoms with Gasteiger partial charge >= 0.3 is 6.18 Å². The standard InChI is InChI=1S/C15H18F4N2O/c1-11(22)21(19)13-6-5-12(14(9-13)15(16,17)18)10-20-7-3-2-4-8-20/h5-6,9H,2-4,7-8,10H2,1H3. The monoisotopic (exact) mass is 318 g/mol. The zero-order chi connectivity index (χ0) is 16.3. The topological polar surface area (TPSA) is 23.6 Å². The third-order valence-corrected chi connectivity index (χ3v) is 3.74. The molecule has 0 N–H and O–H groups in total. The first-order valence-corrected chi connectivity index (χ1v) is 7.18. The van der Waals surface area contributed by atoms with Gasteiger partial charge in [-0.1, -0.05) is 17.0 Å². The molecule has 1 aromatic rings. The molecule has 0 unspecified atom stereocenters. The molecule has 0 aromatic heterocycles. The van der Waals surface area contributed by atoms with Crippen molar-refractivity contribution >= 4 is 11.6 Å². The summed E-state index contributed by atoms with van der Waals surface area (Å²) >= 11 is 0. The van der Waals surface area contributed by atoms with Crippen LogP contribution in [0, 0.1) is 0 Å². The van der Waals surface area contributed by atoms with E-state index in [4.69, 9.17) is 0 Å². The van der Waals surface area contributed by atoms with Gasteiger partial charge in [0.05, 0.1) is 11.3 Å². The van der Waals surface area contributed by atoms with Gasteiger partial charge in [-0.3, -0.25) is 9.69 Å². The van der Waals surface area contributed by atoms with Crippen LogP contribution in [0.2, 0.25) is 0 Å². The van der Waals surface area contributed by atoms with Crippen molar-refractivity contribution in [1.29, 1.82) is 0 Å². The van der Waals surface area contributed by atoms with Crippen molar-refractivity contribution in [3.63, 3.8) is 0 Å². The van der Waals surface area contributed by atoms with E-state index in [1.54, 1.807) is 0 Å². The van der Waals surface area contributed by atoms with Gasteiger partial charge in [-0.05, 0) is 43.6 Å². The van der Waals surface area contributed by atoms with Crippen LogP contribution in [0.25, 0.3) is 0 Å². The lowest BCUT2D eigenvalue weighted by molar-refractivity contribution is -0.138. The number of alkyl halides is 3. The van der Waals surface area contributed by atoms with Crippen LogP contribution in [-0.2, 0) is 17.5 Å². The number of anilines is 1. The van der Waals surface area contributed by atoms with Gasteiger partial charge in [0.2, 0.25) is 0 Å². The number of carbonyl (C=O) groups excluding carboxylic acids is 1. The molecule has 1 aliphatic rings. The summed E-state index contributed by atoms with van der Waals surface area (Å²) < 4.78 is 53.1. The molecular weight excluding hydrogens is 300 g/mol. The molecule has 0 bridgehead atoms. The second-order valence-electron chi connectivity index (χ2n) is 5.48. The number of piperidine rings is 1. The number of carbonyl (C=O) groups is 1. The Morgan fingerprint density at radius 3 is 2.41 bits per heavy atom. The second-order valence-corrected chi connectivity index (χ2v) is 5.48. The lowest BCUT2D eigenvalue weighted by Crippen LogP contribution is -2.30. The van der Waals surface area contributed by atoms with Crippen molar-refractivity contribution < 1.29 is 22.4 Å². The molecule has 1 aliphatic heterocycles. The van der Waals surface area contributed by atoms with Crippen LogP contribution in [0.1, 0.15) is 37.3 Å². The van der Waals surface area contributed by atoms with Crippen LogP contribution in [0.4, 0.5) is 23.3 Å². The van der Waals surface area contributed by atoms with E-state index in [9.17, 15) is 22.4 Å². The van der Waals surface area contributed by atoms with Gasteiger partial charge in [-0.25, -0.2) is 0 Å². The van der Waals surface area contributed by atoms with E-state index in [0.717, 1.165) is 39.3 Å². The van der Waals surface area contributed by atoms with Crippen molar-refractivity contribution in [3.05, 3.63) is 29.3 Å². The normalized spacial score (nSPS) is 16.6. The lowest BCUT2D eigenvalue weighted by Gasteiger charge is -2.28. The van der Waals surface area contributed by atoms with Crippen LogP contribution in [-0.4, -0.2) is 23.9 Å². The molecule has 0 aliphatic carbocycles. The van der Waals surface area contributed by atoms with Crippen LogP contribution >= 0.6 is 0 Å². The summed E-state index contributed by atoms with van der Waals surface area (Å²) in [6.45, 7) is 2.67. The number of hydrogen-bond donors (Lipinski definition) is 0. The predicted molar refractivity (Wildman–Crippen MR) is 74.8 cm³/mol. The van der Waals surface area contributed by atoms with Gasteiger partial charge in [-0.15, -0.1) is 5.12 Å². The molecule has 0 spiro atoms. The summed E-state index contributed by atoms with van der Waals surface area (Å²) in [5, 5.41) is -0.278. The minimum atomic E-state index is -4.58. The van der Waals surface area contributed by atoms with Crippen molar-refractivity contribution in [1.82, 2.24) is 4.90 Å². The fourth-order valence-electron chi connectivity index (χ4n) is 2.63. The molecule has 122 valence electrons. The molecule has 7 heteroatoms. The highest BCUT2D eigenvalue weighted by molar-refractivity contribution is 5.89. The van der Waals surface area contributed by atoms with Crippen LogP contribution in [0.15, 0.2) is 18.2 Å². The second kappa shape index (κ2) is 6.64. The highest BCUT2D eigenvalue weighted by Gasteiger charge is 2.34. The van der Waals surface area contributed by atoms with Gasteiger partial charge in [0.15, 0.2) is 0 Å². The van der Waals surface area contributed by atoms with E-state index < -0.39 is 23.3 Å². The van der Waals surface area contributed by atoms with E-state index in [-0.39, 0.29) is 17.2 Å². The molecule has 1 aromatic carbocycles. The first-order chi connectivity index (χ1) is 10.3. The largest absolute Gasteiger partial charge is 0.416 e. The van der Waals surface area contributed by atoms with Gasteiger partial charge in [0.25, 0.3) is 5.91 Å². The highest BCUT2D eigenvalue weighted by atomic mass is 19.4. The Hall–Kier alpha value is -1.63. The van der Waals surface area contributed by atoms with E-state index in [0.29, 0.717) is 6.07 Å². The molecule has 22 heavy (non-hydrogen) atoms. The number of hydrogen-bond acceptors (Lipinski definition) is 2. The number of likely N-dealkylation sites (tertiary alicyclic amines) is 1. The molecule has 1 heterocycles. The summed E-state index contributed by atoms with van der Waals surface area (Å²) in [5.74, 6) is -0.961. The van der Waals surface area contributed by atoms with E-state index in [2.05, 4.69) is 0 Å². The lowest BCUT2D eigenvalue weighted by atomic mass is 10.0. The van der Waals surface area contributed by atoms with Crippen molar-refractivity contribution in [3.8, 4) is 0 Å². The number of halogens is 4. The first kappa shape index (κ1) is 16.7. The molecule has 3 nitrogen and oxygen atoms in total. The molecule has 1 saturated heterocycles. The SMILES string of the molecule is CC(=O)N(F)c1ccc(CN2CCCCC2)c(C(F)(F)F)c1. The zero-order valence-corrected chi connectivity index (χ0v) is 12.3. The van der Waals surface area contributed by atoms with Gasteiger partial charge in [0, 0.05) is 13.5 Å². The Bertz CT molecular complexity index is 539. The maximum Gasteiger partial charge on any atom is 0.416 e. The van der Waals surface area contributed by atoms with Gasteiger partial charge in [-0.2, -0.15) is 13.2 Å². The third-order valence-electron chi connectivity index (χ3n) is 3.74. The smallest absolute Gasteiger partial charge is 0.299 e. The van der Waals surface area contributed by atoms with Crippen LogP contribution in [0.5, 0.6) is 0 Å². The van der Waals surface area contributed by atoms with E-state index in [1.807, 2.05) is 4.90 Å². The molecule has 2 rings (SSSR count). The van der Waals surface area contributed by atoms with Crippen molar-refractivity contribution in [2.24, 2.45) is 0 Å². The maximum absolute atomic E-state index is 13.5. The summed E-state index contributed by atoms with van der Waals surface area (Å²) in [7, 11) is 0. The minimum absolute atomic E-state index is 0.107. The zero-order valence-electron chi connectivity index (χ0n) is 12.3. The first-order valence-electron chi connectivity index (χ1n) is 7.18. The van der Waals surface area contributed by atoms with Crippen molar-refractivity contribution in [2.45, 2.75) is 38.9 Å². The number of rotatable bonds is 3. The van der Waals surface area contributed by atoms with Gasteiger partial charge in [0.1, 0.15) is 0 Å². The molecule has 1 amide bonds. The number of amides is 1. The summed E-state index contributed by atoms with van der Waals surface area (Å²) in [6, 6.07) is 3.15. The molecule has 0 saturated carbocycles. The summed E-state index contributed by atoms with van der Waals surface area (Å²) in [4.78, 5) is 12.9. The Balaban J connectivity index is 2.30. The van der Waals surface area contributed by atoms with Gasteiger partial charge < -0.3 is 0 Å². The Kier molecular flexibility index (Phi) is 5.05. The van der Waals surface area contributed by atoms with E-state index >= 15 is 0 Å². The summed E-state index contributed by atoms with van der Waals surface area (Å²) in [5.41, 5.74) is -1.18. The quantitative estimate of drug-likeness (QED) is 0.623.